The van der Waals surface area contributed by atoms with Crippen LogP contribution in [0.4, 0.5) is 0 Å². The van der Waals surface area contributed by atoms with E-state index in [1.165, 1.54) is 0 Å². The molecule has 1 saturated heterocycles. The number of aryl methyl sites for hydroxylation is 1. The van der Waals surface area contributed by atoms with Crippen molar-refractivity contribution in [3.63, 3.8) is 0 Å². The molecule has 1 unspecified atom stereocenters. The van der Waals surface area contributed by atoms with Gasteiger partial charge < -0.3 is 14.6 Å². The summed E-state index contributed by atoms with van der Waals surface area (Å²) in [5.74, 6) is 0.867. The highest BCUT2D eigenvalue weighted by Crippen LogP contribution is 2.23. The van der Waals surface area contributed by atoms with Crippen molar-refractivity contribution in [3.8, 4) is 5.75 Å². The number of hydrogen-bond acceptors (Lipinski definition) is 4. The van der Waals surface area contributed by atoms with Gasteiger partial charge in [0.05, 0.1) is 12.7 Å². The molecule has 1 aromatic carbocycles. The topological polar surface area (TPSA) is 41.9 Å². The number of ether oxygens (including phenoxy) is 2. The molecule has 0 spiro atoms. The summed E-state index contributed by atoms with van der Waals surface area (Å²) in [6, 6.07) is 5.81. The molecule has 0 bridgehead atoms. The van der Waals surface area contributed by atoms with Crippen molar-refractivity contribution in [1.29, 1.82) is 0 Å². The smallest absolute Gasteiger partial charge is 0.122 e. The lowest BCUT2D eigenvalue weighted by atomic mass is 10.1. The van der Waals surface area contributed by atoms with E-state index >= 15 is 0 Å². The van der Waals surface area contributed by atoms with Gasteiger partial charge in [-0.25, -0.2) is 0 Å². The van der Waals surface area contributed by atoms with Crippen molar-refractivity contribution in [1.82, 2.24) is 4.90 Å². The summed E-state index contributed by atoms with van der Waals surface area (Å²) in [7, 11) is 0. The Balaban J connectivity index is 1.90. The molecule has 2 rings (SSSR count). The lowest BCUT2D eigenvalue weighted by Gasteiger charge is -2.32. The van der Waals surface area contributed by atoms with Gasteiger partial charge in [-0.15, -0.1) is 0 Å². The molecule has 2 atom stereocenters. The van der Waals surface area contributed by atoms with E-state index in [1.807, 2.05) is 25.1 Å². The van der Waals surface area contributed by atoms with E-state index in [0.29, 0.717) is 6.61 Å². The van der Waals surface area contributed by atoms with E-state index in [0.717, 1.165) is 43.1 Å². The van der Waals surface area contributed by atoms with Gasteiger partial charge in [-0.05, 0) is 43.7 Å². The van der Waals surface area contributed by atoms with Crippen LogP contribution < -0.4 is 4.74 Å². The van der Waals surface area contributed by atoms with Crippen LogP contribution in [0.15, 0.2) is 18.2 Å². The minimum Gasteiger partial charge on any atom is -0.491 e. The highest BCUT2D eigenvalue weighted by Gasteiger charge is 2.20. The Morgan fingerprint density at radius 1 is 1.50 bits per heavy atom. The zero-order valence-electron chi connectivity index (χ0n) is 12.6. The Kier molecular flexibility index (Phi) is 5.40. The van der Waals surface area contributed by atoms with Gasteiger partial charge in [0.25, 0.3) is 0 Å². The maximum atomic E-state index is 9.56. The molecule has 1 N–H and O–H groups in total. The molecule has 112 valence electrons. The van der Waals surface area contributed by atoms with Crippen molar-refractivity contribution in [3.05, 3.63) is 29.3 Å². The minimum absolute atomic E-state index is 0.138. The monoisotopic (exact) mass is 279 g/mol. The Hall–Kier alpha value is -1.10. The van der Waals surface area contributed by atoms with Crippen LogP contribution in [0.25, 0.3) is 0 Å². The van der Waals surface area contributed by atoms with Crippen molar-refractivity contribution in [2.75, 3.05) is 32.8 Å². The number of rotatable bonds is 5. The van der Waals surface area contributed by atoms with Gasteiger partial charge in [0, 0.05) is 13.1 Å². The Labute approximate surface area is 121 Å². The fraction of sp³-hybridized carbons (Fsp3) is 0.625. The third-order valence-corrected chi connectivity index (χ3v) is 3.78. The summed E-state index contributed by atoms with van der Waals surface area (Å²) in [6.07, 6.45) is -0.304. The molecule has 0 radical (unpaired) electrons. The summed E-state index contributed by atoms with van der Waals surface area (Å²) in [4.78, 5) is 2.38. The number of nitrogens with zero attached hydrogens (tertiary/aromatic N) is 1. The van der Waals surface area contributed by atoms with Crippen LogP contribution in [0.3, 0.4) is 0 Å². The fourth-order valence-electron chi connectivity index (χ4n) is 2.45. The predicted molar refractivity (Wildman–Crippen MR) is 79.2 cm³/mol. The molecule has 1 aromatic rings. The van der Waals surface area contributed by atoms with Crippen LogP contribution in [-0.4, -0.2) is 49.0 Å². The maximum Gasteiger partial charge on any atom is 0.122 e. The quantitative estimate of drug-likeness (QED) is 0.897. The van der Waals surface area contributed by atoms with Crippen molar-refractivity contribution in [2.45, 2.75) is 33.0 Å². The average molecular weight is 279 g/mol. The number of likely N-dealkylation sites (N-methyl/N-ethyl adjacent to an activating group) is 1. The second kappa shape index (κ2) is 7.07. The van der Waals surface area contributed by atoms with Gasteiger partial charge in [0.2, 0.25) is 0 Å². The molecular formula is C16H25NO3. The summed E-state index contributed by atoms with van der Waals surface area (Å²) in [5.41, 5.74) is 1.97. The molecular weight excluding hydrogens is 254 g/mol. The molecule has 0 saturated carbocycles. The van der Waals surface area contributed by atoms with E-state index in [1.54, 1.807) is 6.92 Å². The Bertz CT molecular complexity index is 434. The molecule has 1 fully saturated rings. The van der Waals surface area contributed by atoms with Crippen LogP contribution >= 0.6 is 0 Å². The van der Waals surface area contributed by atoms with Crippen molar-refractivity contribution >= 4 is 0 Å². The number of morpholine rings is 1. The Morgan fingerprint density at radius 2 is 2.30 bits per heavy atom. The van der Waals surface area contributed by atoms with Crippen LogP contribution in [0.2, 0.25) is 0 Å². The predicted octanol–water partition coefficient (Wildman–Crippen LogP) is 2.15. The zero-order chi connectivity index (χ0) is 14.5. The normalized spacial score (nSPS) is 21.7. The first-order chi connectivity index (χ1) is 9.60. The average Bonchev–Trinajstić information content (AvgIpc) is 2.46. The van der Waals surface area contributed by atoms with Crippen molar-refractivity contribution in [2.24, 2.45) is 0 Å². The largest absolute Gasteiger partial charge is 0.491 e. The standard InChI is InChI=1S/C16H25NO3/c1-4-17-7-8-19-15(10-17)11-20-16-6-5-14(13(3)18)9-12(16)2/h5-6,9,13,15,18H,4,7-8,10-11H2,1-3H3/t13-,15?/m0/s1. The van der Waals surface area contributed by atoms with Crippen LogP contribution in [0, 0.1) is 6.92 Å². The van der Waals surface area contributed by atoms with E-state index in [-0.39, 0.29) is 6.10 Å². The summed E-state index contributed by atoms with van der Waals surface area (Å²) >= 11 is 0. The van der Waals surface area contributed by atoms with E-state index < -0.39 is 6.10 Å². The fourth-order valence-corrected chi connectivity index (χ4v) is 2.45. The Morgan fingerprint density at radius 3 is 2.95 bits per heavy atom. The SMILES string of the molecule is CCN1CCOC(COc2ccc([C@H](C)O)cc2C)C1. The lowest BCUT2D eigenvalue weighted by Crippen LogP contribution is -2.44. The molecule has 1 aliphatic rings. The maximum absolute atomic E-state index is 9.56. The molecule has 0 amide bonds. The zero-order valence-corrected chi connectivity index (χ0v) is 12.6. The van der Waals surface area contributed by atoms with Gasteiger partial charge >= 0.3 is 0 Å². The molecule has 1 heterocycles. The third-order valence-electron chi connectivity index (χ3n) is 3.78. The van der Waals surface area contributed by atoms with Crippen molar-refractivity contribution < 1.29 is 14.6 Å². The van der Waals surface area contributed by atoms with Gasteiger partial charge in [0.1, 0.15) is 18.5 Å². The molecule has 0 aliphatic carbocycles. The summed E-state index contributed by atoms with van der Waals surface area (Å²) in [6.45, 7) is 10.3. The van der Waals surface area contributed by atoms with E-state index in [4.69, 9.17) is 9.47 Å². The van der Waals surface area contributed by atoms with Gasteiger partial charge in [0.15, 0.2) is 0 Å². The summed E-state index contributed by atoms with van der Waals surface area (Å²) < 4.78 is 11.6. The summed E-state index contributed by atoms with van der Waals surface area (Å²) in [5, 5.41) is 9.56. The number of aliphatic hydroxyl groups excluding tert-OH is 1. The highest BCUT2D eigenvalue weighted by molar-refractivity contribution is 5.36. The molecule has 4 nitrogen and oxygen atoms in total. The number of aliphatic hydroxyl groups is 1. The molecule has 1 aliphatic heterocycles. The van der Waals surface area contributed by atoms with Gasteiger partial charge in [-0.2, -0.15) is 0 Å². The second-order valence-corrected chi connectivity index (χ2v) is 5.40. The first-order valence-corrected chi connectivity index (χ1v) is 7.35. The molecule has 0 aromatic heterocycles. The molecule has 4 heteroatoms. The highest BCUT2D eigenvalue weighted by atomic mass is 16.5. The number of hydrogen-bond donors (Lipinski definition) is 1. The van der Waals surface area contributed by atoms with Crippen LogP contribution in [-0.2, 0) is 4.74 Å². The number of benzene rings is 1. The van der Waals surface area contributed by atoms with Crippen LogP contribution in [0.5, 0.6) is 5.75 Å². The first-order valence-electron chi connectivity index (χ1n) is 7.35. The third kappa shape index (κ3) is 3.95. The van der Waals surface area contributed by atoms with E-state index in [9.17, 15) is 5.11 Å². The van der Waals surface area contributed by atoms with Crippen LogP contribution in [0.1, 0.15) is 31.1 Å². The molecule has 20 heavy (non-hydrogen) atoms. The lowest BCUT2D eigenvalue weighted by molar-refractivity contribution is -0.0464. The first kappa shape index (κ1) is 15.3. The second-order valence-electron chi connectivity index (χ2n) is 5.40. The minimum atomic E-state index is -0.442. The van der Waals surface area contributed by atoms with E-state index in [2.05, 4.69) is 11.8 Å². The van der Waals surface area contributed by atoms with Gasteiger partial charge in [-0.1, -0.05) is 13.0 Å². The van der Waals surface area contributed by atoms with Gasteiger partial charge in [-0.3, -0.25) is 4.90 Å².